The lowest BCUT2D eigenvalue weighted by atomic mass is 10.00. The molecule has 1 N–H and O–H groups in total. The third-order valence-corrected chi connectivity index (χ3v) is 3.63. The third kappa shape index (κ3) is 2.85. The normalized spacial score (nSPS) is 21.1. The molecular weight excluding hydrogens is 261 g/mol. The van der Waals surface area contributed by atoms with Crippen molar-refractivity contribution in [3.05, 3.63) is 28.2 Å². The Morgan fingerprint density at radius 2 is 2.18 bits per heavy atom. The fraction of sp³-hybridized carbons (Fsp3) is 0.417. The Labute approximate surface area is 110 Å². The van der Waals surface area contributed by atoms with Crippen LogP contribution in [0.25, 0.3) is 0 Å². The average molecular weight is 274 g/mol. The van der Waals surface area contributed by atoms with Crippen molar-refractivity contribution in [2.75, 3.05) is 11.9 Å². The molecule has 1 aliphatic rings. The number of halogens is 2. The van der Waals surface area contributed by atoms with E-state index in [1.165, 1.54) is 0 Å². The molecule has 1 heterocycles. The van der Waals surface area contributed by atoms with E-state index in [0.717, 1.165) is 12.1 Å². The van der Waals surface area contributed by atoms with Gasteiger partial charge in [0.05, 0.1) is 22.6 Å². The second kappa shape index (κ2) is 5.15. The van der Waals surface area contributed by atoms with Gasteiger partial charge < -0.3 is 10.1 Å². The lowest BCUT2D eigenvalue weighted by Crippen LogP contribution is -2.29. The van der Waals surface area contributed by atoms with E-state index in [2.05, 4.69) is 5.32 Å². The summed E-state index contributed by atoms with van der Waals surface area (Å²) in [6.45, 7) is 2.47. The highest BCUT2D eigenvalue weighted by Crippen LogP contribution is 2.27. The molecule has 0 spiro atoms. The average Bonchev–Trinajstić information content (AvgIpc) is 2.70. The number of cyclic esters (lactones) is 1. The molecule has 0 aliphatic carbocycles. The van der Waals surface area contributed by atoms with Gasteiger partial charge in [-0.1, -0.05) is 23.2 Å². The Kier molecular flexibility index (Phi) is 3.79. The smallest absolute Gasteiger partial charge is 0.311 e. The van der Waals surface area contributed by atoms with Gasteiger partial charge in [0, 0.05) is 11.7 Å². The van der Waals surface area contributed by atoms with Gasteiger partial charge in [-0.25, -0.2) is 0 Å². The zero-order valence-electron chi connectivity index (χ0n) is 9.37. The van der Waals surface area contributed by atoms with Crippen LogP contribution in [0.1, 0.15) is 13.3 Å². The van der Waals surface area contributed by atoms with Gasteiger partial charge in [-0.15, -0.1) is 0 Å². The second-order valence-corrected chi connectivity index (χ2v) is 4.94. The van der Waals surface area contributed by atoms with Gasteiger partial charge in [-0.2, -0.15) is 0 Å². The number of anilines is 1. The van der Waals surface area contributed by atoms with Crippen LogP contribution in [0.3, 0.4) is 0 Å². The van der Waals surface area contributed by atoms with Crippen molar-refractivity contribution in [1.29, 1.82) is 0 Å². The molecule has 0 aromatic heterocycles. The number of ether oxygens (including phenoxy) is 1. The lowest BCUT2D eigenvalue weighted by molar-refractivity contribution is -0.141. The molecule has 5 heteroatoms. The van der Waals surface area contributed by atoms with E-state index in [-0.39, 0.29) is 17.9 Å². The number of esters is 1. The first-order valence-corrected chi connectivity index (χ1v) is 6.22. The molecule has 0 radical (unpaired) electrons. The van der Waals surface area contributed by atoms with Gasteiger partial charge >= 0.3 is 5.97 Å². The van der Waals surface area contributed by atoms with Crippen LogP contribution in [-0.4, -0.2) is 18.6 Å². The fourth-order valence-corrected chi connectivity index (χ4v) is 2.21. The van der Waals surface area contributed by atoms with Crippen molar-refractivity contribution in [2.24, 2.45) is 5.92 Å². The number of benzene rings is 1. The number of hydrogen-bond donors (Lipinski definition) is 1. The Morgan fingerprint density at radius 3 is 2.76 bits per heavy atom. The number of carbonyl (C=O) groups is 1. The lowest BCUT2D eigenvalue weighted by Gasteiger charge is -2.19. The molecule has 92 valence electrons. The van der Waals surface area contributed by atoms with Crippen LogP contribution in [0, 0.1) is 5.92 Å². The molecule has 1 aliphatic heterocycles. The van der Waals surface area contributed by atoms with Crippen molar-refractivity contribution in [3.8, 4) is 0 Å². The molecule has 0 saturated carbocycles. The minimum absolute atomic E-state index is 0.0160. The molecule has 0 bridgehead atoms. The van der Waals surface area contributed by atoms with Crippen molar-refractivity contribution in [1.82, 2.24) is 0 Å². The van der Waals surface area contributed by atoms with Gasteiger partial charge in [0.2, 0.25) is 0 Å². The van der Waals surface area contributed by atoms with E-state index in [0.29, 0.717) is 16.7 Å². The standard InChI is InChI=1S/C12H13Cl2NO2/c1-7(9-4-5-17-12(9)16)15-8-2-3-10(13)11(14)6-8/h2-3,6-7,9,15H,4-5H2,1H3/t7-,9-/m1/s1. The third-order valence-electron chi connectivity index (χ3n) is 2.89. The predicted octanol–water partition coefficient (Wildman–Crippen LogP) is 3.36. The van der Waals surface area contributed by atoms with E-state index in [9.17, 15) is 4.79 Å². The first-order chi connectivity index (χ1) is 8.08. The summed E-state index contributed by atoms with van der Waals surface area (Å²) in [6.07, 6.45) is 0.758. The Balaban J connectivity index is 2.04. The number of rotatable bonds is 3. The van der Waals surface area contributed by atoms with Crippen LogP contribution in [0.4, 0.5) is 5.69 Å². The minimum atomic E-state index is -0.134. The number of hydrogen-bond acceptors (Lipinski definition) is 3. The Hall–Kier alpha value is -0.930. The molecule has 0 unspecified atom stereocenters. The van der Waals surface area contributed by atoms with Crippen LogP contribution < -0.4 is 5.32 Å². The summed E-state index contributed by atoms with van der Waals surface area (Å²) < 4.78 is 4.94. The number of carbonyl (C=O) groups excluding carboxylic acids is 1. The summed E-state index contributed by atoms with van der Waals surface area (Å²) in [6, 6.07) is 5.33. The van der Waals surface area contributed by atoms with Crippen LogP contribution in [0.15, 0.2) is 18.2 Å². The highest BCUT2D eigenvalue weighted by Gasteiger charge is 2.31. The monoisotopic (exact) mass is 273 g/mol. The van der Waals surface area contributed by atoms with E-state index < -0.39 is 0 Å². The SMILES string of the molecule is C[C@@H](Nc1ccc(Cl)c(Cl)c1)[C@H]1CCOC1=O. The summed E-state index contributed by atoms with van der Waals surface area (Å²) in [5.74, 6) is -0.227. The van der Waals surface area contributed by atoms with Gasteiger partial charge in [-0.05, 0) is 31.5 Å². The highest BCUT2D eigenvalue weighted by molar-refractivity contribution is 6.42. The van der Waals surface area contributed by atoms with E-state index in [4.69, 9.17) is 27.9 Å². The predicted molar refractivity (Wildman–Crippen MR) is 68.6 cm³/mol. The van der Waals surface area contributed by atoms with Crippen LogP contribution >= 0.6 is 23.2 Å². The maximum Gasteiger partial charge on any atom is 0.311 e. The zero-order chi connectivity index (χ0) is 12.4. The summed E-state index contributed by atoms with van der Waals surface area (Å²) in [5.41, 5.74) is 0.853. The first-order valence-electron chi connectivity index (χ1n) is 5.46. The molecule has 17 heavy (non-hydrogen) atoms. The summed E-state index contributed by atoms with van der Waals surface area (Å²) in [4.78, 5) is 11.4. The Bertz CT molecular complexity index is 437. The molecule has 2 rings (SSSR count). The highest BCUT2D eigenvalue weighted by atomic mass is 35.5. The first kappa shape index (κ1) is 12.5. The minimum Gasteiger partial charge on any atom is -0.465 e. The maximum absolute atomic E-state index is 11.4. The van der Waals surface area contributed by atoms with Crippen LogP contribution in [0.5, 0.6) is 0 Å². The van der Waals surface area contributed by atoms with Crippen molar-refractivity contribution in [2.45, 2.75) is 19.4 Å². The summed E-state index contributed by atoms with van der Waals surface area (Å²) in [7, 11) is 0. The Morgan fingerprint density at radius 1 is 1.41 bits per heavy atom. The quantitative estimate of drug-likeness (QED) is 0.859. The maximum atomic E-state index is 11.4. The molecule has 1 aromatic rings. The summed E-state index contributed by atoms with van der Waals surface area (Å²) in [5, 5.41) is 4.26. The van der Waals surface area contributed by atoms with Gasteiger partial charge in [-0.3, -0.25) is 4.79 Å². The molecule has 1 aromatic carbocycles. The largest absolute Gasteiger partial charge is 0.465 e. The number of nitrogens with one attached hydrogen (secondary N) is 1. The molecule has 1 fully saturated rings. The molecule has 2 atom stereocenters. The van der Waals surface area contributed by atoms with E-state index >= 15 is 0 Å². The van der Waals surface area contributed by atoms with Gasteiger partial charge in [0.15, 0.2) is 0 Å². The van der Waals surface area contributed by atoms with Crippen LogP contribution in [0.2, 0.25) is 10.0 Å². The second-order valence-electron chi connectivity index (χ2n) is 4.12. The summed E-state index contributed by atoms with van der Waals surface area (Å²) >= 11 is 11.8. The molecular formula is C12H13Cl2NO2. The van der Waals surface area contributed by atoms with E-state index in [1.54, 1.807) is 12.1 Å². The van der Waals surface area contributed by atoms with Gasteiger partial charge in [0.1, 0.15) is 0 Å². The van der Waals surface area contributed by atoms with E-state index in [1.807, 2.05) is 13.0 Å². The molecule has 0 amide bonds. The van der Waals surface area contributed by atoms with Crippen molar-refractivity contribution < 1.29 is 9.53 Å². The van der Waals surface area contributed by atoms with Crippen molar-refractivity contribution in [3.63, 3.8) is 0 Å². The van der Waals surface area contributed by atoms with Crippen molar-refractivity contribution >= 4 is 34.9 Å². The topological polar surface area (TPSA) is 38.3 Å². The van der Waals surface area contributed by atoms with Gasteiger partial charge in [0.25, 0.3) is 0 Å². The zero-order valence-corrected chi connectivity index (χ0v) is 10.9. The van der Waals surface area contributed by atoms with Crippen LogP contribution in [-0.2, 0) is 9.53 Å². The molecule has 1 saturated heterocycles. The molecule has 3 nitrogen and oxygen atoms in total. The fourth-order valence-electron chi connectivity index (χ4n) is 1.91.